The van der Waals surface area contributed by atoms with E-state index >= 15 is 0 Å². The van der Waals surface area contributed by atoms with Gasteiger partial charge in [0.1, 0.15) is 11.6 Å². The Morgan fingerprint density at radius 1 is 1.20 bits per heavy atom. The van der Waals surface area contributed by atoms with Crippen molar-refractivity contribution in [1.29, 1.82) is 0 Å². The number of piperazine rings is 1. The van der Waals surface area contributed by atoms with Gasteiger partial charge in [0.2, 0.25) is 0 Å². The van der Waals surface area contributed by atoms with E-state index in [1.165, 1.54) is 19.4 Å². The Kier molecular flexibility index (Phi) is 4.35. The van der Waals surface area contributed by atoms with E-state index in [0.29, 0.717) is 0 Å². The van der Waals surface area contributed by atoms with Gasteiger partial charge in [0.25, 0.3) is 0 Å². The minimum Gasteiger partial charge on any atom is -0.369 e. The third kappa shape index (κ3) is 3.60. The molecule has 1 aromatic heterocycles. The normalized spacial score (nSPS) is 20.1. The lowest BCUT2D eigenvalue weighted by Gasteiger charge is -2.35. The van der Waals surface area contributed by atoms with E-state index in [9.17, 15) is 0 Å². The van der Waals surface area contributed by atoms with Crippen molar-refractivity contribution in [3.63, 3.8) is 0 Å². The van der Waals surface area contributed by atoms with Crippen LogP contribution in [0.25, 0.3) is 0 Å². The number of nitrogens with one attached hydrogen (secondary N) is 1. The first-order valence-corrected chi connectivity index (χ1v) is 7.88. The topological polar surface area (TPSA) is 44.3 Å². The number of rotatable bonds is 6. The van der Waals surface area contributed by atoms with Crippen LogP contribution < -0.4 is 10.2 Å². The standard InChI is InChI=1S/C15H25N5/c1-2-5-17-14-10-16-11-15(18-14)20-8-6-19(7-9-20)12-13-3-4-13/h10-11,13H,2-9,12H2,1H3,(H,17,18). The van der Waals surface area contributed by atoms with Crippen molar-refractivity contribution in [3.05, 3.63) is 12.4 Å². The van der Waals surface area contributed by atoms with Crippen LogP contribution in [0.3, 0.4) is 0 Å². The quantitative estimate of drug-likeness (QED) is 0.858. The van der Waals surface area contributed by atoms with Gasteiger partial charge >= 0.3 is 0 Å². The summed E-state index contributed by atoms with van der Waals surface area (Å²) in [6.45, 7) is 8.86. The summed E-state index contributed by atoms with van der Waals surface area (Å²) in [7, 11) is 0. The van der Waals surface area contributed by atoms with E-state index in [2.05, 4.69) is 32.0 Å². The molecule has 1 aliphatic heterocycles. The van der Waals surface area contributed by atoms with Crippen LogP contribution in [-0.4, -0.2) is 54.1 Å². The van der Waals surface area contributed by atoms with Crippen molar-refractivity contribution in [3.8, 4) is 0 Å². The van der Waals surface area contributed by atoms with Gasteiger partial charge in [0, 0.05) is 39.3 Å². The highest BCUT2D eigenvalue weighted by Crippen LogP contribution is 2.30. The minimum atomic E-state index is 0.893. The third-order valence-electron chi connectivity index (χ3n) is 4.09. The molecule has 0 amide bonds. The maximum absolute atomic E-state index is 4.67. The second-order valence-corrected chi connectivity index (χ2v) is 5.92. The van der Waals surface area contributed by atoms with E-state index in [0.717, 1.165) is 56.7 Å². The number of aromatic nitrogens is 2. The van der Waals surface area contributed by atoms with Crippen molar-refractivity contribution >= 4 is 11.6 Å². The van der Waals surface area contributed by atoms with Gasteiger partial charge in [-0.2, -0.15) is 0 Å². The molecular formula is C15H25N5. The van der Waals surface area contributed by atoms with Gasteiger partial charge in [0.05, 0.1) is 12.4 Å². The molecule has 1 aliphatic carbocycles. The van der Waals surface area contributed by atoms with E-state index in [-0.39, 0.29) is 0 Å². The summed E-state index contributed by atoms with van der Waals surface area (Å²) in [4.78, 5) is 13.9. The zero-order valence-electron chi connectivity index (χ0n) is 12.4. The van der Waals surface area contributed by atoms with E-state index in [4.69, 9.17) is 0 Å². The molecule has 1 N–H and O–H groups in total. The molecule has 2 aliphatic rings. The number of hydrogen-bond acceptors (Lipinski definition) is 5. The highest BCUT2D eigenvalue weighted by Gasteiger charge is 2.26. The van der Waals surface area contributed by atoms with Crippen molar-refractivity contribution in [2.75, 3.05) is 49.5 Å². The molecule has 2 heterocycles. The molecule has 1 saturated carbocycles. The summed E-state index contributed by atoms with van der Waals surface area (Å²) in [6, 6.07) is 0. The summed E-state index contributed by atoms with van der Waals surface area (Å²) >= 11 is 0. The van der Waals surface area contributed by atoms with Gasteiger partial charge in [-0.15, -0.1) is 0 Å². The van der Waals surface area contributed by atoms with Crippen LogP contribution in [0.5, 0.6) is 0 Å². The van der Waals surface area contributed by atoms with Crippen molar-refractivity contribution in [1.82, 2.24) is 14.9 Å². The first kappa shape index (κ1) is 13.6. The van der Waals surface area contributed by atoms with Crippen molar-refractivity contribution in [2.45, 2.75) is 26.2 Å². The van der Waals surface area contributed by atoms with Crippen LogP contribution in [-0.2, 0) is 0 Å². The SMILES string of the molecule is CCCNc1cncc(N2CCN(CC3CC3)CC2)n1. The summed E-state index contributed by atoms with van der Waals surface area (Å²) in [6.07, 6.45) is 7.68. The van der Waals surface area contributed by atoms with Crippen LogP contribution in [0.15, 0.2) is 12.4 Å². The fraction of sp³-hybridized carbons (Fsp3) is 0.733. The second-order valence-electron chi connectivity index (χ2n) is 5.92. The highest BCUT2D eigenvalue weighted by molar-refractivity contribution is 5.44. The molecule has 0 spiro atoms. The smallest absolute Gasteiger partial charge is 0.149 e. The molecule has 2 fully saturated rings. The van der Waals surface area contributed by atoms with Gasteiger partial charge in [-0.1, -0.05) is 6.92 Å². The predicted octanol–water partition coefficient (Wildman–Crippen LogP) is 1.83. The fourth-order valence-corrected chi connectivity index (χ4v) is 2.67. The number of hydrogen-bond donors (Lipinski definition) is 1. The maximum atomic E-state index is 4.67. The van der Waals surface area contributed by atoms with Gasteiger partial charge < -0.3 is 10.2 Å². The fourth-order valence-electron chi connectivity index (χ4n) is 2.67. The molecule has 20 heavy (non-hydrogen) atoms. The molecule has 5 heteroatoms. The predicted molar refractivity (Wildman–Crippen MR) is 82.2 cm³/mol. The molecule has 1 aromatic rings. The molecule has 0 atom stereocenters. The Hall–Kier alpha value is -1.36. The monoisotopic (exact) mass is 275 g/mol. The summed E-state index contributed by atoms with van der Waals surface area (Å²) < 4.78 is 0. The highest BCUT2D eigenvalue weighted by atomic mass is 15.3. The average molecular weight is 275 g/mol. The van der Waals surface area contributed by atoms with Crippen LogP contribution in [0.1, 0.15) is 26.2 Å². The molecular weight excluding hydrogens is 250 g/mol. The Bertz CT molecular complexity index is 424. The van der Waals surface area contributed by atoms with E-state index < -0.39 is 0 Å². The van der Waals surface area contributed by atoms with Gasteiger partial charge in [-0.3, -0.25) is 9.88 Å². The summed E-state index contributed by atoms with van der Waals surface area (Å²) in [5.41, 5.74) is 0. The number of nitrogens with zero attached hydrogens (tertiary/aromatic N) is 4. The average Bonchev–Trinajstić information content (AvgIpc) is 3.30. The second kappa shape index (κ2) is 6.39. The zero-order valence-corrected chi connectivity index (χ0v) is 12.4. The number of anilines is 2. The molecule has 0 radical (unpaired) electrons. The Morgan fingerprint density at radius 3 is 2.70 bits per heavy atom. The van der Waals surface area contributed by atoms with Gasteiger partial charge in [-0.05, 0) is 25.2 Å². The van der Waals surface area contributed by atoms with Crippen LogP contribution in [0, 0.1) is 5.92 Å². The third-order valence-corrected chi connectivity index (χ3v) is 4.09. The van der Waals surface area contributed by atoms with Crippen molar-refractivity contribution < 1.29 is 0 Å². The first-order valence-electron chi connectivity index (χ1n) is 7.88. The zero-order chi connectivity index (χ0) is 13.8. The summed E-state index contributed by atoms with van der Waals surface area (Å²) in [5.74, 6) is 2.89. The van der Waals surface area contributed by atoms with E-state index in [1.807, 2.05) is 12.4 Å². The van der Waals surface area contributed by atoms with Crippen LogP contribution in [0.2, 0.25) is 0 Å². The Morgan fingerprint density at radius 2 is 2.00 bits per heavy atom. The lowest BCUT2D eigenvalue weighted by molar-refractivity contribution is 0.247. The van der Waals surface area contributed by atoms with Crippen molar-refractivity contribution in [2.24, 2.45) is 5.92 Å². The molecule has 0 aromatic carbocycles. The maximum Gasteiger partial charge on any atom is 0.149 e. The van der Waals surface area contributed by atoms with Crippen LogP contribution >= 0.6 is 0 Å². The Balaban J connectivity index is 1.53. The molecule has 1 saturated heterocycles. The largest absolute Gasteiger partial charge is 0.369 e. The Labute approximate surface area is 121 Å². The lowest BCUT2D eigenvalue weighted by Crippen LogP contribution is -2.47. The minimum absolute atomic E-state index is 0.893. The molecule has 110 valence electrons. The van der Waals surface area contributed by atoms with Gasteiger partial charge in [-0.25, -0.2) is 4.98 Å². The van der Waals surface area contributed by atoms with Gasteiger partial charge in [0.15, 0.2) is 0 Å². The molecule has 0 unspecified atom stereocenters. The van der Waals surface area contributed by atoms with E-state index in [1.54, 1.807) is 0 Å². The molecule has 3 rings (SSSR count). The lowest BCUT2D eigenvalue weighted by atomic mass is 10.3. The molecule has 0 bridgehead atoms. The first-order chi connectivity index (χ1) is 9.85. The summed E-state index contributed by atoms with van der Waals surface area (Å²) in [5, 5.41) is 3.31. The van der Waals surface area contributed by atoms with Crippen LogP contribution in [0.4, 0.5) is 11.6 Å². The molecule has 5 nitrogen and oxygen atoms in total.